The molecule has 0 bridgehead atoms. The maximum atomic E-state index is 8.81. The summed E-state index contributed by atoms with van der Waals surface area (Å²) in [5.74, 6) is 0.367. The first kappa shape index (κ1) is 11.0. The first-order chi connectivity index (χ1) is 7.70. The largest absolute Gasteiger partial charge is 0.318 e. The van der Waals surface area contributed by atoms with E-state index in [-0.39, 0.29) is 0 Å². The van der Waals surface area contributed by atoms with Gasteiger partial charge in [-0.2, -0.15) is 5.26 Å². The molecule has 0 aliphatic rings. The van der Waals surface area contributed by atoms with Crippen molar-refractivity contribution in [2.24, 2.45) is 0 Å². The van der Waals surface area contributed by atoms with Gasteiger partial charge in [-0.05, 0) is 17.7 Å². The number of benzene rings is 1. The van der Waals surface area contributed by atoms with Crippen LogP contribution in [0.5, 0.6) is 0 Å². The third kappa shape index (κ3) is 2.19. The molecule has 0 spiro atoms. The van der Waals surface area contributed by atoms with E-state index in [1.807, 2.05) is 12.1 Å². The van der Waals surface area contributed by atoms with Gasteiger partial charge in [-0.25, -0.2) is 4.98 Å². The molecule has 0 radical (unpaired) electrons. The van der Waals surface area contributed by atoms with Gasteiger partial charge in [-0.15, -0.1) is 0 Å². The zero-order valence-corrected chi connectivity index (χ0v) is 9.70. The van der Waals surface area contributed by atoms with E-state index in [4.69, 9.17) is 28.5 Å². The maximum absolute atomic E-state index is 8.81. The highest BCUT2D eigenvalue weighted by atomic mass is 35.5. The first-order valence-electron chi connectivity index (χ1n) is 4.56. The Morgan fingerprint density at radius 2 is 2.19 bits per heavy atom. The SMILES string of the molecule is N#Cc1nccn1Cc1ccc(Cl)cc1Cl. The van der Waals surface area contributed by atoms with E-state index in [0.29, 0.717) is 22.4 Å². The van der Waals surface area contributed by atoms with Crippen molar-refractivity contribution in [2.45, 2.75) is 6.54 Å². The van der Waals surface area contributed by atoms with E-state index in [0.717, 1.165) is 5.56 Å². The van der Waals surface area contributed by atoms with Gasteiger partial charge in [0.15, 0.2) is 0 Å². The summed E-state index contributed by atoms with van der Waals surface area (Å²) in [6, 6.07) is 7.30. The fraction of sp³-hybridized carbons (Fsp3) is 0.0909. The van der Waals surface area contributed by atoms with Crippen LogP contribution in [-0.2, 0) is 6.54 Å². The Labute approximate surface area is 103 Å². The van der Waals surface area contributed by atoms with E-state index >= 15 is 0 Å². The van der Waals surface area contributed by atoms with Crippen LogP contribution in [0.4, 0.5) is 0 Å². The van der Waals surface area contributed by atoms with Crippen molar-refractivity contribution < 1.29 is 0 Å². The molecule has 0 atom stereocenters. The standard InChI is InChI=1S/C11H7Cl2N3/c12-9-2-1-8(10(13)5-9)7-16-4-3-15-11(16)6-14/h1-5H,7H2. The number of imidazole rings is 1. The van der Waals surface area contributed by atoms with E-state index in [1.54, 1.807) is 29.1 Å². The smallest absolute Gasteiger partial charge is 0.213 e. The number of hydrogen-bond acceptors (Lipinski definition) is 2. The van der Waals surface area contributed by atoms with Gasteiger partial charge in [0.05, 0.1) is 6.54 Å². The summed E-state index contributed by atoms with van der Waals surface area (Å²) in [7, 11) is 0. The molecule has 0 aliphatic carbocycles. The Bertz CT molecular complexity index is 555. The summed E-state index contributed by atoms with van der Waals surface area (Å²) in [5.41, 5.74) is 0.903. The lowest BCUT2D eigenvalue weighted by molar-refractivity contribution is 0.782. The quantitative estimate of drug-likeness (QED) is 0.823. The zero-order valence-electron chi connectivity index (χ0n) is 8.19. The number of halogens is 2. The normalized spacial score (nSPS) is 10.1. The summed E-state index contributed by atoms with van der Waals surface area (Å²) < 4.78 is 1.73. The van der Waals surface area contributed by atoms with E-state index in [2.05, 4.69) is 4.98 Å². The minimum Gasteiger partial charge on any atom is -0.318 e. The molecule has 1 aromatic carbocycles. The Morgan fingerprint density at radius 1 is 1.38 bits per heavy atom. The number of rotatable bonds is 2. The van der Waals surface area contributed by atoms with Crippen LogP contribution in [0, 0.1) is 11.3 Å². The number of aromatic nitrogens is 2. The molecule has 5 heteroatoms. The molecule has 2 aromatic rings. The minimum absolute atomic E-state index is 0.367. The van der Waals surface area contributed by atoms with Crippen LogP contribution < -0.4 is 0 Å². The zero-order chi connectivity index (χ0) is 11.5. The molecular weight excluding hydrogens is 245 g/mol. The summed E-state index contributed by atoms with van der Waals surface area (Å²) in [4.78, 5) is 3.91. The summed E-state index contributed by atoms with van der Waals surface area (Å²) in [6.07, 6.45) is 3.33. The predicted octanol–water partition coefficient (Wildman–Crippen LogP) is 3.11. The van der Waals surface area contributed by atoms with E-state index in [9.17, 15) is 0 Å². The number of nitrogens with zero attached hydrogens (tertiary/aromatic N) is 3. The Kier molecular flexibility index (Phi) is 3.14. The lowest BCUT2D eigenvalue weighted by Crippen LogP contribution is -2.01. The summed E-state index contributed by atoms with van der Waals surface area (Å²) >= 11 is 11.8. The Morgan fingerprint density at radius 3 is 2.88 bits per heavy atom. The van der Waals surface area contributed by atoms with Crippen molar-refractivity contribution in [1.29, 1.82) is 5.26 Å². The van der Waals surface area contributed by atoms with Gasteiger partial charge in [-0.3, -0.25) is 0 Å². The molecule has 3 nitrogen and oxygen atoms in total. The van der Waals surface area contributed by atoms with Crippen molar-refractivity contribution in [3.05, 3.63) is 52.0 Å². The molecule has 80 valence electrons. The van der Waals surface area contributed by atoms with Gasteiger partial charge in [0.1, 0.15) is 6.07 Å². The Hall–Kier alpha value is -1.50. The molecule has 0 fully saturated rings. The van der Waals surface area contributed by atoms with Gasteiger partial charge in [0.25, 0.3) is 0 Å². The van der Waals surface area contributed by atoms with Crippen molar-refractivity contribution in [2.75, 3.05) is 0 Å². The van der Waals surface area contributed by atoms with Crippen molar-refractivity contribution in [1.82, 2.24) is 9.55 Å². The van der Waals surface area contributed by atoms with Crippen LogP contribution in [0.3, 0.4) is 0 Å². The van der Waals surface area contributed by atoms with Crippen LogP contribution in [0.2, 0.25) is 10.0 Å². The van der Waals surface area contributed by atoms with Gasteiger partial charge >= 0.3 is 0 Å². The minimum atomic E-state index is 0.367. The van der Waals surface area contributed by atoms with E-state index in [1.165, 1.54) is 0 Å². The molecule has 0 saturated heterocycles. The molecule has 1 heterocycles. The average molecular weight is 252 g/mol. The molecule has 0 amide bonds. The summed E-state index contributed by atoms with van der Waals surface area (Å²) in [6.45, 7) is 0.513. The van der Waals surface area contributed by atoms with Gasteiger partial charge in [0.2, 0.25) is 5.82 Å². The second-order valence-electron chi connectivity index (χ2n) is 3.23. The topological polar surface area (TPSA) is 41.6 Å². The second-order valence-corrected chi connectivity index (χ2v) is 4.07. The number of nitriles is 1. The molecule has 0 unspecified atom stereocenters. The van der Waals surface area contributed by atoms with Crippen LogP contribution in [0.25, 0.3) is 0 Å². The molecule has 0 saturated carbocycles. The molecular formula is C11H7Cl2N3. The third-order valence-electron chi connectivity index (χ3n) is 2.17. The van der Waals surface area contributed by atoms with Crippen LogP contribution >= 0.6 is 23.2 Å². The highest BCUT2D eigenvalue weighted by molar-refractivity contribution is 6.35. The lowest BCUT2D eigenvalue weighted by atomic mass is 10.2. The summed E-state index contributed by atoms with van der Waals surface area (Å²) in [5, 5.41) is 10.00. The highest BCUT2D eigenvalue weighted by Gasteiger charge is 2.05. The monoisotopic (exact) mass is 251 g/mol. The molecule has 2 rings (SSSR count). The molecule has 0 N–H and O–H groups in total. The van der Waals surface area contributed by atoms with Gasteiger partial charge < -0.3 is 4.57 Å². The average Bonchev–Trinajstić information content (AvgIpc) is 2.69. The maximum Gasteiger partial charge on any atom is 0.213 e. The molecule has 16 heavy (non-hydrogen) atoms. The van der Waals surface area contributed by atoms with Crippen LogP contribution in [-0.4, -0.2) is 9.55 Å². The van der Waals surface area contributed by atoms with E-state index < -0.39 is 0 Å². The fourth-order valence-electron chi connectivity index (χ4n) is 1.38. The molecule has 0 aliphatic heterocycles. The van der Waals surface area contributed by atoms with Gasteiger partial charge in [0, 0.05) is 22.4 Å². The Balaban J connectivity index is 2.31. The highest BCUT2D eigenvalue weighted by Crippen LogP contribution is 2.21. The third-order valence-corrected chi connectivity index (χ3v) is 2.76. The predicted molar refractivity (Wildman–Crippen MR) is 62.5 cm³/mol. The first-order valence-corrected chi connectivity index (χ1v) is 5.31. The van der Waals surface area contributed by atoms with Gasteiger partial charge in [-0.1, -0.05) is 29.3 Å². The van der Waals surface area contributed by atoms with Crippen molar-refractivity contribution in [3.63, 3.8) is 0 Å². The van der Waals surface area contributed by atoms with Crippen LogP contribution in [0.15, 0.2) is 30.6 Å². The lowest BCUT2D eigenvalue weighted by Gasteiger charge is -2.06. The molecule has 1 aromatic heterocycles. The van der Waals surface area contributed by atoms with Crippen molar-refractivity contribution >= 4 is 23.2 Å². The number of hydrogen-bond donors (Lipinski definition) is 0. The second kappa shape index (κ2) is 4.56. The van der Waals surface area contributed by atoms with Crippen LogP contribution in [0.1, 0.15) is 11.4 Å². The van der Waals surface area contributed by atoms with Crippen molar-refractivity contribution in [3.8, 4) is 6.07 Å². The fourth-order valence-corrected chi connectivity index (χ4v) is 1.85.